The van der Waals surface area contributed by atoms with E-state index in [-0.39, 0.29) is 0 Å². The van der Waals surface area contributed by atoms with Gasteiger partial charge in [0.15, 0.2) is 0 Å². The fraction of sp³-hybridized carbons (Fsp3) is 0.227. The van der Waals surface area contributed by atoms with Crippen LogP contribution in [0.15, 0.2) is 60.7 Å². The lowest BCUT2D eigenvalue weighted by Crippen LogP contribution is -2.04. The lowest BCUT2D eigenvalue weighted by atomic mass is 9.86. The highest BCUT2D eigenvalue weighted by molar-refractivity contribution is 5.99. The molecule has 2 nitrogen and oxygen atoms in total. The molecule has 0 amide bonds. The van der Waals surface area contributed by atoms with Gasteiger partial charge in [0.1, 0.15) is 5.75 Å². The Labute approximate surface area is 140 Å². The van der Waals surface area contributed by atoms with Crippen LogP contribution in [0.2, 0.25) is 0 Å². The zero-order valence-corrected chi connectivity index (χ0v) is 13.3. The minimum atomic E-state index is 0.475. The summed E-state index contributed by atoms with van der Waals surface area (Å²) < 4.78 is 4.98. The number of benzene rings is 3. The summed E-state index contributed by atoms with van der Waals surface area (Å²) in [5.41, 5.74) is 1.46. The van der Waals surface area contributed by atoms with Crippen LogP contribution < -0.4 is 4.74 Å². The number of ether oxygens (including phenoxy) is 1. The highest BCUT2D eigenvalue weighted by Gasteiger charge is 2.36. The Hall–Kier alpha value is -2.61. The van der Waals surface area contributed by atoms with Crippen molar-refractivity contribution < 1.29 is 9.53 Å². The van der Waals surface area contributed by atoms with E-state index in [1.54, 1.807) is 0 Å². The molecule has 3 atom stereocenters. The van der Waals surface area contributed by atoms with E-state index in [4.69, 9.17) is 4.74 Å². The molecule has 2 bridgehead atoms. The van der Waals surface area contributed by atoms with E-state index < -0.39 is 0 Å². The zero-order valence-electron chi connectivity index (χ0n) is 13.3. The molecule has 0 aromatic heterocycles. The van der Waals surface area contributed by atoms with Crippen LogP contribution in [0.1, 0.15) is 24.3 Å². The molecule has 0 aliphatic heterocycles. The molecule has 2 aliphatic carbocycles. The molecule has 2 aliphatic rings. The molecule has 1 saturated carbocycles. The van der Waals surface area contributed by atoms with Crippen molar-refractivity contribution in [2.24, 2.45) is 11.8 Å². The van der Waals surface area contributed by atoms with Crippen molar-refractivity contribution in [2.75, 3.05) is 0 Å². The van der Waals surface area contributed by atoms with Crippen LogP contribution >= 0.6 is 0 Å². The standard InChI is InChI=1S/C22H18O2/c23-13-24-21-6-5-16-9-15-3-4-18(10-19(15)11-20(16)12-21)22-8-14-1-2-17(22)7-14/h1-6,9-14,17,22H,7-8H2. The average Bonchev–Trinajstić information content (AvgIpc) is 3.23. The van der Waals surface area contributed by atoms with Crippen molar-refractivity contribution in [3.8, 4) is 5.75 Å². The van der Waals surface area contributed by atoms with Crippen LogP contribution in [0, 0.1) is 11.8 Å². The predicted molar refractivity (Wildman–Crippen MR) is 96.2 cm³/mol. The van der Waals surface area contributed by atoms with Gasteiger partial charge in [-0.1, -0.05) is 36.4 Å². The van der Waals surface area contributed by atoms with Gasteiger partial charge >= 0.3 is 0 Å². The first kappa shape index (κ1) is 13.8. The summed E-state index contributed by atoms with van der Waals surface area (Å²) in [6.45, 7) is 0.475. The second-order valence-corrected chi connectivity index (χ2v) is 7.07. The first-order valence-corrected chi connectivity index (χ1v) is 8.56. The topological polar surface area (TPSA) is 26.3 Å². The number of hydrogen-bond donors (Lipinski definition) is 0. The van der Waals surface area contributed by atoms with Crippen molar-refractivity contribution in [2.45, 2.75) is 18.8 Å². The summed E-state index contributed by atoms with van der Waals surface area (Å²) >= 11 is 0. The van der Waals surface area contributed by atoms with E-state index in [1.165, 1.54) is 29.2 Å². The number of carbonyl (C=O) groups excluding carboxylic acids is 1. The van der Waals surface area contributed by atoms with Gasteiger partial charge in [0.2, 0.25) is 0 Å². The van der Waals surface area contributed by atoms with Gasteiger partial charge in [0, 0.05) is 0 Å². The Morgan fingerprint density at radius 3 is 2.38 bits per heavy atom. The van der Waals surface area contributed by atoms with Gasteiger partial charge in [0.25, 0.3) is 6.47 Å². The van der Waals surface area contributed by atoms with Gasteiger partial charge in [-0.3, -0.25) is 4.79 Å². The number of rotatable bonds is 3. The molecule has 0 heterocycles. The minimum Gasteiger partial charge on any atom is -0.429 e. The molecule has 3 aromatic rings. The molecule has 2 heteroatoms. The van der Waals surface area contributed by atoms with Crippen LogP contribution in [0.25, 0.3) is 21.5 Å². The molecule has 0 radical (unpaired) electrons. The maximum absolute atomic E-state index is 10.5. The molecule has 0 spiro atoms. The number of allylic oxidation sites excluding steroid dienone is 2. The maximum atomic E-state index is 10.5. The van der Waals surface area contributed by atoms with Gasteiger partial charge in [-0.05, 0) is 82.0 Å². The van der Waals surface area contributed by atoms with Gasteiger partial charge < -0.3 is 4.74 Å². The Morgan fingerprint density at radius 1 is 0.833 bits per heavy atom. The van der Waals surface area contributed by atoms with E-state index >= 15 is 0 Å². The van der Waals surface area contributed by atoms with Gasteiger partial charge in [-0.25, -0.2) is 0 Å². The summed E-state index contributed by atoms with van der Waals surface area (Å²) in [6.07, 6.45) is 7.42. The van der Waals surface area contributed by atoms with Gasteiger partial charge in [-0.2, -0.15) is 0 Å². The summed E-state index contributed by atoms with van der Waals surface area (Å²) in [6, 6.07) is 17.1. The van der Waals surface area contributed by atoms with Crippen molar-refractivity contribution in [1.29, 1.82) is 0 Å². The molecule has 3 unspecified atom stereocenters. The van der Waals surface area contributed by atoms with E-state index in [0.717, 1.165) is 22.6 Å². The third-order valence-electron chi connectivity index (χ3n) is 5.68. The second kappa shape index (κ2) is 5.20. The third kappa shape index (κ3) is 2.14. The maximum Gasteiger partial charge on any atom is 0.298 e. The zero-order chi connectivity index (χ0) is 16.1. The lowest BCUT2D eigenvalue weighted by molar-refractivity contribution is -0.120. The van der Waals surface area contributed by atoms with E-state index in [9.17, 15) is 4.79 Å². The van der Waals surface area contributed by atoms with Crippen LogP contribution in [0.3, 0.4) is 0 Å². The van der Waals surface area contributed by atoms with E-state index in [0.29, 0.717) is 18.1 Å². The lowest BCUT2D eigenvalue weighted by Gasteiger charge is -2.19. The highest BCUT2D eigenvalue weighted by Crippen LogP contribution is 2.49. The Kier molecular flexibility index (Phi) is 2.99. The van der Waals surface area contributed by atoms with Crippen molar-refractivity contribution in [3.63, 3.8) is 0 Å². The summed E-state index contributed by atoms with van der Waals surface area (Å²) in [5.74, 6) is 2.77. The molecule has 118 valence electrons. The Balaban J connectivity index is 1.61. The monoisotopic (exact) mass is 314 g/mol. The minimum absolute atomic E-state index is 0.475. The molecule has 24 heavy (non-hydrogen) atoms. The van der Waals surface area contributed by atoms with Crippen molar-refractivity contribution in [1.82, 2.24) is 0 Å². The summed E-state index contributed by atoms with van der Waals surface area (Å²) in [5, 5.41) is 4.78. The van der Waals surface area contributed by atoms with E-state index in [1.807, 2.05) is 18.2 Å². The number of hydrogen-bond acceptors (Lipinski definition) is 2. The van der Waals surface area contributed by atoms with Gasteiger partial charge in [-0.15, -0.1) is 0 Å². The van der Waals surface area contributed by atoms with Gasteiger partial charge in [0.05, 0.1) is 0 Å². The fourth-order valence-electron chi connectivity index (χ4n) is 4.52. The largest absolute Gasteiger partial charge is 0.429 e. The first-order valence-electron chi connectivity index (χ1n) is 8.56. The molecule has 0 saturated heterocycles. The smallest absolute Gasteiger partial charge is 0.298 e. The second-order valence-electron chi connectivity index (χ2n) is 7.07. The normalized spacial score (nSPS) is 24.8. The van der Waals surface area contributed by atoms with E-state index in [2.05, 4.69) is 42.5 Å². The van der Waals surface area contributed by atoms with Crippen LogP contribution in [0.5, 0.6) is 5.75 Å². The molecular weight excluding hydrogens is 296 g/mol. The Morgan fingerprint density at radius 2 is 1.62 bits per heavy atom. The molecule has 5 rings (SSSR count). The van der Waals surface area contributed by atoms with Crippen molar-refractivity contribution >= 4 is 28.0 Å². The molecule has 0 N–H and O–H groups in total. The average molecular weight is 314 g/mol. The SMILES string of the molecule is O=COc1ccc2cc3ccc(C4CC5C=CC4C5)cc3cc2c1. The molecular formula is C22H18O2. The predicted octanol–water partition coefficient (Wildman–Crippen LogP) is 5.21. The quantitative estimate of drug-likeness (QED) is 0.377. The molecule has 3 aromatic carbocycles. The summed E-state index contributed by atoms with van der Waals surface area (Å²) in [4.78, 5) is 10.5. The summed E-state index contributed by atoms with van der Waals surface area (Å²) in [7, 11) is 0. The third-order valence-corrected chi connectivity index (χ3v) is 5.68. The fourth-order valence-corrected chi connectivity index (χ4v) is 4.52. The number of fused-ring (bicyclic) bond motifs is 4. The highest BCUT2D eigenvalue weighted by atomic mass is 16.5. The van der Waals surface area contributed by atoms with Crippen LogP contribution in [-0.4, -0.2) is 6.47 Å². The van der Waals surface area contributed by atoms with Crippen LogP contribution in [0.4, 0.5) is 0 Å². The first-order chi connectivity index (χ1) is 11.8. The molecule has 1 fully saturated rings. The Bertz CT molecular complexity index is 986. The van der Waals surface area contributed by atoms with Crippen molar-refractivity contribution in [3.05, 3.63) is 66.2 Å². The number of carbonyl (C=O) groups is 1. The van der Waals surface area contributed by atoms with Crippen LogP contribution in [-0.2, 0) is 4.79 Å².